The van der Waals surface area contributed by atoms with E-state index in [1.807, 2.05) is 6.92 Å². The highest BCUT2D eigenvalue weighted by Gasteiger charge is 2.40. The molecule has 266 valence electrons. The zero-order valence-electron chi connectivity index (χ0n) is 29.5. The van der Waals surface area contributed by atoms with Crippen LogP contribution in [0.1, 0.15) is 157 Å². The van der Waals surface area contributed by atoms with E-state index < -0.39 is 11.1 Å². The maximum atomic E-state index is 11.9. The molecule has 2 N–H and O–H groups in total. The number of nitroso groups, excluding NO2 is 1. The van der Waals surface area contributed by atoms with E-state index >= 15 is 0 Å². The quantitative estimate of drug-likeness (QED) is 0.230. The lowest BCUT2D eigenvalue weighted by Crippen LogP contribution is -2.48. The van der Waals surface area contributed by atoms with Crippen LogP contribution in [0.15, 0.2) is 5.18 Å². The Balaban J connectivity index is 0.000000241. The maximum Gasteiger partial charge on any atom is 0.160 e. The summed E-state index contributed by atoms with van der Waals surface area (Å²) in [7, 11) is 0. The lowest BCUT2D eigenvalue weighted by atomic mass is 9.80. The van der Waals surface area contributed by atoms with Crippen LogP contribution in [0.4, 0.5) is 0 Å². The number of ketones is 3. The summed E-state index contributed by atoms with van der Waals surface area (Å²) >= 11 is 0. The van der Waals surface area contributed by atoms with Gasteiger partial charge in [0.25, 0.3) is 0 Å². The van der Waals surface area contributed by atoms with Gasteiger partial charge in [-0.25, -0.2) is 5.23 Å². The first kappa shape index (κ1) is 40.6. The number of aliphatic hydroxyl groups excluding tert-OH is 2. The molecule has 46 heavy (non-hydrogen) atoms. The Hall–Kier alpha value is -1.59. The van der Waals surface area contributed by atoms with Crippen LogP contribution >= 0.6 is 0 Å². The Morgan fingerprint density at radius 2 is 1.41 bits per heavy atom. The molecule has 1 aliphatic heterocycles. The number of nitrogens with zero attached hydrogens (tertiary/aromatic N) is 2. The summed E-state index contributed by atoms with van der Waals surface area (Å²) in [5.41, 5.74) is -2.07. The number of hydrogen-bond donors (Lipinski definition) is 2. The van der Waals surface area contributed by atoms with Gasteiger partial charge in [0.1, 0.15) is 5.78 Å². The molecular weight excluding hydrogens is 588 g/mol. The van der Waals surface area contributed by atoms with Crippen LogP contribution in [0, 0.1) is 33.8 Å². The lowest BCUT2D eigenvalue weighted by molar-refractivity contribution is -0.219. The van der Waals surface area contributed by atoms with Gasteiger partial charge in [0.15, 0.2) is 17.1 Å². The molecule has 4 fully saturated rings. The molecule has 10 heteroatoms. The van der Waals surface area contributed by atoms with Gasteiger partial charge in [-0.1, -0.05) is 50.6 Å². The monoisotopic (exact) mass is 651 g/mol. The fourth-order valence-corrected chi connectivity index (χ4v) is 7.21. The second-order valence-electron chi connectivity index (χ2n) is 15.1. The van der Waals surface area contributed by atoms with E-state index in [0.717, 1.165) is 77.0 Å². The van der Waals surface area contributed by atoms with Crippen LogP contribution in [-0.2, 0) is 19.2 Å². The van der Waals surface area contributed by atoms with Gasteiger partial charge in [-0.15, -0.1) is 4.91 Å². The van der Waals surface area contributed by atoms with Crippen molar-refractivity contribution in [2.24, 2.45) is 28.8 Å². The SMILES string of the molecule is CC(=O)C(C)(CCC1CCCC[C@@H]1O)N=O.CC(=O)C(C)CCC1CCCC[C@@H]1O.CC(=O)C1(C)CCC2CCCC[C@@H]2ON1[O-]. The standard InChI is InChI=1S/C12H20NO3.C12H21NO3.C12H22O2/c1-9(14)12(2)8-7-10-5-3-4-6-11(10)16-13(12)15;1-9(14)12(2,13-16)8-7-10-5-3-4-6-11(10)15;1-9(10(2)13)7-8-11-5-3-4-6-12(11)14/h10-11H,3-8H2,1-2H3;10-11,15H,3-8H2,1-2H3;9,11-12,14H,3-8H2,1-2H3/q-1;;/t2*10?,11-,12?;9?,11?,12-/m000/s1. The third-order valence-electron chi connectivity index (χ3n) is 11.6. The van der Waals surface area contributed by atoms with E-state index in [-0.39, 0.29) is 47.5 Å². The molecular formula is C36H63N2O8-. The van der Waals surface area contributed by atoms with Crippen molar-refractivity contribution < 1.29 is 29.4 Å². The van der Waals surface area contributed by atoms with Crippen molar-refractivity contribution in [1.82, 2.24) is 5.23 Å². The number of rotatable bonds is 10. The molecule has 0 aromatic heterocycles. The molecule has 10 nitrogen and oxygen atoms in total. The average molecular weight is 652 g/mol. The number of fused-ring (bicyclic) bond motifs is 1. The molecule has 0 aromatic carbocycles. The Morgan fingerprint density at radius 1 is 0.891 bits per heavy atom. The normalized spacial score (nSPS) is 33.7. The van der Waals surface area contributed by atoms with Crippen LogP contribution in [0.5, 0.6) is 0 Å². The predicted octanol–water partition coefficient (Wildman–Crippen LogP) is 7.39. The fourth-order valence-electron chi connectivity index (χ4n) is 7.21. The lowest BCUT2D eigenvalue weighted by Gasteiger charge is -2.43. The first-order chi connectivity index (χ1) is 21.6. The highest BCUT2D eigenvalue weighted by molar-refractivity contribution is 5.86. The largest absolute Gasteiger partial charge is 0.761 e. The summed E-state index contributed by atoms with van der Waals surface area (Å²) in [5.74, 6) is 1.31. The molecule has 6 unspecified atom stereocenters. The third-order valence-corrected chi connectivity index (χ3v) is 11.6. The molecule has 1 saturated heterocycles. The smallest absolute Gasteiger partial charge is 0.160 e. The van der Waals surface area contributed by atoms with Gasteiger partial charge in [-0.05, 0) is 129 Å². The van der Waals surface area contributed by atoms with E-state index in [0.29, 0.717) is 36.3 Å². The summed E-state index contributed by atoms with van der Waals surface area (Å²) in [4.78, 5) is 50.0. The average Bonchev–Trinajstić information content (AvgIpc) is 3.16. The maximum absolute atomic E-state index is 11.9. The molecule has 0 bridgehead atoms. The minimum Gasteiger partial charge on any atom is -0.761 e. The minimum absolute atomic E-state index is 0.0347. The van der Waals surface area contributed by atoms with Gasteiger partial charge in [0.05, 0.1) is 23.9 Å². The van der Waals surface area contributed by atoms with Gasteiger partial charge in [-0.3, -0.25) is 14.4 Å². The second kappa shape index (κ2) is 19.4. The molecule has 0 radical (unpaired) electrons. The van der Waals surface area contributed by atoms with Crippen LogP contribution in [0.3, 0.4) is 0 Å². The van der Waals surface area contributed by atoms with Gasteiger partial charge in [0, 0.05) is 5.92 Å². The van der Waals surface area contributed by atoms with E-state index in [1.54, 1.807) is 20.8 Å². The number of carbonyl (C=O) groups is 3. The molecule has 0 amide bonds. The zero-order valence-corrected chi connectivity index (χ0v) is 29.5. The van der Waals surface area contributed by atoms with E-state index in [4.69, 9.17) is 4.84 Å². The summed E-state index contributed by atoms with van der Waals surface area (Å²) < 4.78 is 0. The molecule has 0 aromatic rings. The van der Waals surface area contributed by atoms with Crippen molar-refractivity contribution >= 4 is 17.3 Å². The molecule has 3 saturated carbocycles. The molecule has 1 heterocycles. The Labute approximate surface area is 277 Å². The zero-order chi connectivity index (χ0) is 34.5. The van der Waals surface area contributed by atoms with Gasteiger partial charge in [-0.2, -0.15) is 0 Å². The molecule has 4 rings (SSSR count). The van der Waals surface area contributed by atoms with Crippen molar-refractivity contribution in [3.05, 3.63) is 10.1 Å². The molecule has 4 aliphatic rings. The summed E-state index contributed by atoms with van der Waals surface area (Å²) in [6.45, 7) is 9.79. The summed E-state index contributed by atoms with van der Waals surface area (Å²) in [5, 5.41) is 34.9. The number of hydrogen-bond acceptors (Lipinski definition) is 10. The first-order valence-corrected chi connectivity index (χ1v) is 18.0. The van der Waals surface area contributed by atoms with Gasteiger partial charge in [0.2, 0.25) is 0 Å². The number of Topliss-reactive ketones (excluding diaryl/α,β-unsaturated/α-hetero) is 3. The second-order valence-corrected chi connectivity index (χ2v) is 15.1. The minimum atomic E-state index is -1.10. The number of hydroxylamine groups is 2. The third kappa shape index (κ3) is 12.1. The van der Waals surface area contributed by atoms with Crippen molar-refractivity contribution in [3.63, 3.8) is 0 Å². The summed E-state index contributed by atoms with van der Waals surface area (Å²) in [6, 6.07) is 0. The fraction of sp³-hybridized carbons (Fsp3) is 0.917. The van der Waals surface area contributed by atoms with Crippen LogP contribution < -0.4 is 0 Å². The van der Waals surface area contributed by atoms with E-state index in [2.05, 4.69) is 5.18 Å². The van der Waals surface area contributed by atoms with Crippen LogP contribution in [0.2, 0.25) is 0 Å². The number of aliphatic hydroxyl groups is 2. The topological polar surface area (TPSA) is 157 Å². The highest BCUT2D eigenvalue weighted by atomic mass is 16.9. The molecule has 0 spiro atoms. The molecule has 9 atom stereocenters. The van der Waals surface area contributed by atoms with Crippen molar-refractivity contribution in [2.45, 2.75) is 187 Å². The van der Waals surface area contributed by atoms with Crippen molar-refractivity contribution in [2.75, 3.05) is 0 Å². The first-order valence-electron chi connectivity index (χ1n) is 18.0. The van der Waals surface area contributed by atoms with Crippen LogP contribution in [-0.4, -0.2) is 62.2 Å². The van der Waals surface area contributed by atoms with Crippen LogP contribution in [0.25, 0.3) is 0 Å². The number of carbonyl (C=O) groups excluding carboxylic acids is 3. The Bertz CT molecular complexity index is 978. The Kier molecular flexibility index (Phi) is 17.1. The molecule has 3 aliphatic carbocycles. The Morgan fingerprint density at radius 3 is 1.91 bits per heavy atom. The van der Waals surface area contributed by atoms with E-state index in [1.165, 1.54) is 33.1 Å². The van der Waals surface area contributed by atoms with E-state index in [9.17, 15) is 34.7 Å². The van der Waals surface area contributed by atoms with Gasteiger partial charge < -0.3 is 20.3 Å². The van der Waals surface area contributed by atoms with Crippen molar-refractivity contribution in [3.8, 4) is 0 Å². The predicted molar refractivity (Wildman–Crippen MR) is 179 cm³/mol. The summed E-state index contributed by atoms with van der Waals surface area (Å²) in [6.07, 6.45) is 17.3. The van der Waals surface area contributed by atoms with Crippen molar-refractivity contribution in [1.29, 1.82) is 0 Å². The highest BCUT2D eigenvalue weighted by Crippen LogP contribution is 2.38. The van der Waals surface area contributed by atoms with Gasteiger partial charge >= 0.3 is 0 Å².